The maximum atomic E-state index is 14.0. The SMILES string of the molecule is Cc1cc(C)cc(C(C(=O)Nc2ccccc2C)N(C(=O)C(CC(N)=O)NC(=O)OC(C)(C)C)C(C)C)c1. The van der Waals surface area contributed by atoms with Gasteiger partial charge in [-0.2, -0.15) is 0 Å². The molecule has 0 aliphatic rings. The van der Waals surface area contributed by atoms with E-state index in [4.69, 9.17) is 10.5 Å². The average molecular weight is 525 g/mol. The van der Waals surface area contributed by atoms with E-state index in [0.717, 1.165) is 16.7 Å². The van der Waals surface area contributed by atoms with Crippen LogP contribution in [0.1, 0.15) is 69.3 Å². The second kappa shape index (κ2) is 12.6. The van der Waals surface area contributed by atoms with Crippen LogP contribution in [0.25, 0.3) is 0 Å². The lowest BCUT2D eigenvalue weighted by atomic mass is 9.97. The number of amides is 4. The fourth-order valence-corrected chi connectivity index (χ4v) is 4.23. The van der Waals surface area contributed by atoms with E-state index in [1.165, 1.54) is 4.90 Å². The molecule has 0 aliphatic carbocycles. The summed E-state index contributed by atoms with van der Waals surface area (Å²) in [5.41, 5.74) is 8.53. The van der Waals surface area contributed by atoms with Crippen LogP contribution in [0.2, 0.25) is 0 Å². The molecule has 4 N–H and O–H groups in total. The Bertz CT molecular complexity index is 1170. The van der Waals surface area contributed by atoms with Crippen LogP contribution in [0.3, 0.4) is 0 Å². The summed E-state index contributed by atoms with van der Waals surface area (Å²) in [6.07, 6.45) is -1.33. The smallest absolute Gasteiger partial charge is 0.408 e. The molecule has 2 rings (SSSR count). The number of nitrogens with zero attached hydrogens (tertiary/aromatic N) is 1. The van der Waals surface area contributed by atoms with Gasteiger partial charge in [-0.25, -0.2) is 4.79 Å². The summed E-state index contributed by atoms with van der Waals surface area (Å²) in [7, 11) is 0. The molecule has 206 valence electrons. The quantitative estimate of drug-likeness (QED) is 0.450. The van der Waals surface area contributed by atoms with Gasteiger partial charge in [-0.1, -0.05) is 47.5 Å². The predicted octanol–water partition coefficient (Wildman–Crippen LogP) is 4.30. The van der Waals surface area contributed by atoms with Crippen molar-refractivity contribution in [1.82, 2.24) is 10.2 Å². The van der Waals surface area contributed by atoms with Crippen LogP contribution < -0.4 is 16.4 Å². The molecular weight excluding hydrogens is 484 g/mol. The summed E-state index contributed by atoms with van der Waals surface area (Å²) >= 11 is 0. The molecule has 0 spiro atoms. The third-order valence-electron chi connectivity index (χ3n) is 5.69. The van der Waals surface area contributed by atoms with Gasteiger partial charge in [0.1, 0.15) is 17.7 Å². The van der Waals surface area contributed by atoms with Crippen molar-refractivity contribution >= 4 is 29.5 Å². The number of carbonyl (C=O) groups is 4. The van der Waals surface area contributed by atoms with E-state index < -0.39 is 54.0 Å². The number of alkyl carbamates (subject to hydrolysis) is 1. The van der Waals surface area contributed by atoms with Gasteiger partial charge in [0.05, 0.1) is 6.42 Å². The number of benzene rings is 2. The summed E-state index contributed by atoms with van der Waals surface area (Å²) in [5.74, 6) is -1.84. The Morgan fingerprint density at radius 3 is 2.05 bits per heavy atom. The number of hydrogen-bond donors (Lipinski definition) is 3. The maximum absolute atomic E-state index is 14.0. The van der Waals surface area contributed by atoms with Crippen molar-refractivity contribution in [1.29, 1.82) is 0 Å². The molecule has 0 aliphatic heterocycles. The molecule has 9 nitrogen and oxygen atoms in total. The normalized spacial score (nSPS) is 12.9. The van der Waals surface area contributed by atoms with E-state index in [1.807, 2.05) is 57.2 Å². The first-order valence-corrected chi connectivity index (χ1v) is 12.6. The third-order valence-corrected chi connectivity index (χ3v) is 5.69. The number of nitrogens with one attached hydrogen (secondary N) is 2. The van der Waals surface area contributed by atoms with Gasteiger partial charge in [-0.05, 0) is 72.6 Å². The van der Waals surface area contributed by atoms with Crippen LogP contribution in [0.5, 0.6) is 0 Å². The lowest BCUT2D eigenvalue weighted by Gasteiger charge is -2.37. The highest BCUT2D eigenvalue weighted by molar-refractivity contribution is 6.00. The molecule has 0 fully saturated rings. The van der Waals surface area contributed by atoms with E-state index in [-0.39, 0.29) is 0 Å². The zero-order valence-electron chi connectivity index (χ0n) is 23.5. The van der Waals surface area contributed by atoms with E-state index in [2.05, 4.69) is 10.6 Å². The Labute approximate surface area is 225 Å². The molecule has 0 heterocycles. The van der Waals surface area contributed by atoms with Crippen LogP contribution >= 0.6 is 0 Å². The van der Waals surface area contributed by atoms with Crippen molar-refractivity contribution in [3.05, 3.63) is 64.7 Å². The molecule has 0 saturated carbocycles. The number of anilines is 1. The van der Waals surface area contributed by atoms with Gasteiger partial charge >= 0.3 is 6.09 Å². The fraction of sp³-hybridized carbons (Fsp3) is 0.448. The summed E-state index contributed by atoms with van der Waals surface area (Å²) in [6, 6.07) is 10.1. The van der Waals surface area contributed by atoms with E-state index >= 15 is 0 Å². The lowest BCUT2D eigenvalue weighted by Crippen LogP contribution is -2.55. The van der Waals surface area contributed by atoms with Crippen LogP contribution in [0, 0.1) is 20.8 Å². The lowest BCUT2D eigenvalue weighted by molar-refractivity contribution is -0.143. The molecule has 2 atom stereocenters. The summed E-state index contributed by atoms with van der Waals surface area (Å²) in [4.78, 5) is 53.7. The number of rotatable bonds is 9. The second-order valence-electron chi connectivity index (χ2n) is 10.8. The number of aryl methyl sites for hydroxylation is 3. The number of hydrogen-bond acceptors (Lipinski definition) is 5. The number of nitrogens with two attached hydrogens (primary N) is 1. The molecule has 0 radical (unpaired) electrons. The number of ether oxygens (including phenoxy) is 1. The Morgan fingerprint density at radius 2 is 1.55 bits per heavy atom. The Hall–Kier alpha value is -3.88. The highest BCUT2D eigenvalue weighted by Crippen LogP contribution is 2.29. The van der Waals surface area contributed by atoms with Gasteiger partial charge in [0.2, 0.25) is 11.8 Å². The van der Waals surface area contributed by atoms with Crippen molar-refractivity contribution < 1.29 is 23.9 Å². The minimum absolute atomic E-state index is 0.429. The van der Waals surface area contributed by atoms with Crippen molar-refractivity contribution in [2.24, 2.45) is 5.73 Å². The van der Waals surface area contributed by atoms with Gasteiger partial charge in [0.25, 0.3) is 5.91 Å². The molecular formula is C29H40N4O5. The van der Waals surface area contributed by atoms with Gasteiger partial charge in [-0.15, -0.1) is 0 Å². The molecule has 0 aromatic heterocycles. The van der Waals surface area contributed by atoms with E-state index in [9.17, 15) is 19.2 Å². The summed E-state index contributed by atoms with van der Waals surface area (Å²) in [5, 5.41) is 5.43. The zero-order chi connectivity index (χ0) is 28.8. The van der Waals surface area contributed by atoms with E-state index in [1.54, 1.807) is 40.7 Å². The first kappa shape index (κ1) is 30.3. The van der Waals surface area contributed by atoms with Gasteiger partial charge in [0.15, 0.2) is 0 Å². The Balaban J connectivity index is 2.58. The number of para-hydroxylation sites is 1. The highest BCUT2D eigenvalue weighted by atomic mass is 16.6. The van der Waals surface area contributed by atoms with Crippen LogP contribution in [-0.4, -0.2) is 46.4 Å². The third kappa shape index (κ3) is 8.61. The summed E-state index contributed by atoms with van der Waals surface area (Å²) < 4.78 is 5.30. The van der Waals surface area contributed by atoms with Crippen LogP contribution in [0.4, 0.5) is 10.5 Å². The maximum Gasteiger partial charge on any atom is 0.408 e. The van der Waals surface area contributed by atoms with Gasteiger partial charge in [0, 0.05) is 11.7 Å². The monoisotopic (exact) mass is 524 g/mol. The molecule has 38 heavy (non-hydrogen) atoms. The minimum Gasteiger partial charge on any atom is -0.444 e. The molecule has 2 aromatic rings. The largest absolute Gasteiger partial charge is 0.444 e. The van der Waals surface area contributed by atoms with Gasteiger partial charge < -0.3 is 26.0 Å². The fourth-order valence-electron chi connectivity index (χ4n) is 4.23. The number of primary amides is 1. The van der Waals surface area contributed by atoms with E-state index in [0.29, 0.717) is 11.3 Å². The standard InChI is InChI=1S/C29H40N4O5/c1-17(2)33(27(36)23(16-24(30)34)32-28(37)38-29(6,7)8)25(21-14-18(3)13-19(4)15-21)26(35)31-22-12-10-9-11-20(22)5/h9-15,17,23,25H,16H2,1-8H3,(H2,30,34)(H,31,35)(H,32,37). The van der Waals surface area contributed by atoms with Gasteiger partial charge in [-0.3, -0.25) is 14.4 Å². The van der Waals surface area contributed by atoms with Crippen molar-refractivity contribution in [2.45, 2.75) is 85.5 Å². The molecule has 0 saturated heterocycles. The minimum atomic E-state index is -1.33. The first-order chi connectivity index (χ1) is 17.6. The van der Waals surface area contributed by atoms with Crippen LogP contribution in [-0.2, 0) is 19.1 Å². The molecule has 2 aromatic carbocycles. The van der Waals surface area contributed by atoms with Crippen molar-refractivity contribution in [2.75, 3.05) is 5.32 Å². The van der Waals surface area contributed by atoms with Crippen molar-refractivity contribution in [3.63, 3.8) is 0 Å². The van der Waals surface area contributed by atoms with Crippen molar-refractivity contribution in [3.8, 4) is 0 Å². The second-order valence-corrected chi connectivity index (χ2v) is 10.8. The topological polar surface area (TPSA) is 131 Å². The molecule has 0 bridgehead atoms. The molecule has 9 heteroatoms. The molecule has 2 unspecified atom stereocenters. The number of carbonyl (C=O) groups excluding carboxylic acids is 4. The Kier molecular flexibility index (Phi) is 10.0. The average Bonchev–Trinajstić information content (AvgIpc) is 2.75. The zero-order valence-corrected chi connectivity index (χ0v) is 23.5. The molecule has 4 amide bonds. The first-order valence-electron chi connectivity index (χ1n) is 12.6. The van der Waals surface area contributed by atoms with Crippen LogP contribution in [0.15, 0.2) is 42.5 Å². The predicted molar refractivity (Wildman–Crippen MR) is 147 cm³/mol. The highest BCUT2D eigenvalue weighted by Gasteiger charge is 2.38. The summed E-state index contributed by atoms with van der Waals surface area (Å²) in [6.45, 7) is 14.3. The Morgan fingerprint density at radius 1 is 0.974 bits per heavy atom.